The molecule has 2 rings (SSSR count). The zero-order valence-corrected chi connectivity index (χ0v) is 26.5. The van der Waals surface area contributed by atoms with Gasteiger partial charge in [0.2, 0.25) is 0 Å². The number of aliphatic hydroxyl groups excluding tert-OH is 6. The van der Waals surface area contributed by atoms with E-state index in [-0.39, 0.29) is 119 Å². The Bertz CT molecular complexity index is 798. The molecule has 15 nitrogen and oxygen atoms in total. The Hall–Kier alpha value is -1.82. The fraction of sp³-hybridized carbons (Fsp3) is 0.462. The average Bonchev–Trinajstić information content (AvgIpc) is 2.91. The van der Waals surface area contributed by atoms with Crippen LogP contribution in [0.2, 0.25) is 0 Å². The number of nitrogens with zero attached hydrogens (tertiary/aromatic N) is 2. The van der Waals surface area contributed by atoms with E-state index in [2.05, 4.69) is 0 Å². The number of phenols is 2. The first kappa shape index (κ1) is 54.6. The van der Waals surface area contributed by atoms with Crippen LogP contribution in [0.3, 0.4) is 0 Å². The molecule has 0 bridgehead atoms. The summed E-state index contributed by atoms with van der Waals surface area (Å²) in [7, 11) is 0. The van der Waals surface area contributed by atoms with Crippen LogP contribution >= 0.6 is 0 Å². The van der Waals surface area contributed by atoms with E-state index in [1.807, 2.05) is 0 Å². The first-order valence-electron chi connectivity index (χ1n) is 12.2. The number of aromatic carboxylic acids is 2. The van der Waals surface area contributed by atoms with Gasteiger partial charge in [-0.15, -0.1) is 0 Å². The number of hydrogen-bond donors (Lipinski definition) is 10. The van der Waals surface area contributed by atoms with Crippen LogP contribution in [0.15, 0.2) is 48.5 Å². The topological polar surface area (TPSA) is 274 Å². The molecule has 0 fully saturated rings. The Balaban J connectivity index is -0.000000106. The van der Waals surface area contributed by atoms with Gasteiger partial charge in [0, 0.05) is 90.5 Å². The van der Waals surface area contributed by atoms with Crippen molar-refractivity contribution < 1.29 is 117 Å². The van der Waals surface area contributed by atoms with Gasteiger partial charge in [-0.25, -0.2) is 9.59 Å². The number of rotatable bonds is 14. The minimum Gasteiger partial charge on any atom is -0.508 e. The van der Waals surface area contributed by atoms with Gasteiger partial charge in [0.1, 0.15) is 11.5 Å². The summed E-state index contributed by atoms with van der Waals surface area (Å²) in [4.78, 5) is 24.0. The Kier molecular flexibility index (Phi) is 46.4. The molecule has 0 amide bonds. The van der Waals surface area contributed by atoms with Gasteiger partial charge in [-0.1, -0.05) is 0 Å². The molecule has 2 aromatic rings. The van der Waals surface area contributed by atoms with E-state index in [1.165, 1.54) is 48.5 Å². The first-order valence-corrected chi connectivity index (χ1v) is 12.2. The smallest absolute Gasteiger partial charge is 0.335 e. The van der Waals surface area contributed by atoms with Crippen molar-refractivity contribution >= 4 is 11.9 Å². The molecule has 3 radical (unpaired) electrons. The van der Waals surface area contributed by atoms with Crippen LogP contribution < -0.4 is 0 Å². The summed E-state index contributed by atoms with van der Waals surface area (Å²) in [5, 5.41) is 85.2. The SMILES string of the molecule is O.O=C(O)c1ccc(O)cc1.O=C(O)c1ccc(O)cc1.OCCN(CCO)CCO.OCCN(CCO)CCO.[Cu].[Cu].[Cu]. The number of hydrogen-bond acceptors (Lipinski definition) is 12. The quantitative estimate of drug-likeness (QED) is 0.0919. The zero-order chi connectivity index (χ0) is 30.8. The van der Waals surface area contributed by atoms with Gasteiger partial charge in [-0.3, -0.25) is 9.80 Å². The maximum absolute atomic E-state index is 10.2. The van der Waals surface area contributed by atoms with E-state index in [0.29, 0.717) is 39.3 Å². The molecule has 0 heterocycles. The summed E-state index contributed by atoms with van der Waals surface area (Å²) >= 11 is 0. The van der Waals surface area contributed by atoms with Gasteiger partial charge in [0.15, 0.2) is 0 Å². The average molecular weight is 783 g/mol. The van der Waals surface area contributed by atoms with Gasteiger partial charge in [-0.05, 0) is 48.5 Å². The molecule has 0 saturated heterocycles. The fourth-order valence-corrected chi connectivity index (χ4v) is 2.73. The van der Waals surface area contributed by atoms with Crippen molar-refractivity contribution in [2.24, 2.45) is 0 Å². The molecule has 0 aliphatic carbocycles. The Morgan fingerprint density at radius 2 is 0.636 bits per heavy atom. The molecule has 12 N–H and O–H groups in total. The fourth-order valence-electron chi connectivity index (χ4n) is 2.73. The van der Waals surface area contributed by atoms with Crippen LogP contribution in [0, 0.1) is 0 Å². The molecule has 0 aliphatic rings. The van der Waals surface area contributed by atoms with Crippen LogP contribution in [-0.4, -0.2) is 157 Å². The van der Waals surface area contributed by atoms with Crippen molar-refractivity contribution in [3.05, 3.63) is 59.7 Å². The van der Waals surface area contributed by atoms with Gasteiger partial charge in [0.05, 0.1) is 50.8 Å². The third kappa shape index (κ3) is 31.6. The second kappa shape index (κ2) is 37.4. The number of benzene rings is 2. The second-order valence-corrected chi connectivity index (χ2v) is 7.73. The van der Waals surface area contributed by atoms with Crippen LogP contribution in [0.5, 0.6) is 11.5 Å². The summed E-state index contributed by atoms with van der Waals surface area (Å²) in [5.74, 6) is -1.82. The van der Waals surface area contributed by atoms with Crippen molar-refractivity contribution in [1.82, 2.24) is 9.80 Å². The second-order valence-electron chi connectivity index (χ2n) is 7.73. The van der Waals surface area contributed by atoms with E-state index in [4.69, 9.17) is 51.1 Å². The molecule has 0 aliphatic heterocycles. The molecule has 0 aromatic heterocycles. The van der Waals surface area contributed by atoms with Gasteiger partial charge >= 0.3 is 11.9 Å². The minimum absolute atomic E-state index is 0. The van der Waals surface area contributed by atoms with E-state index in [1.54, 1.807) is 9.80 Å². The summed E-state index contributed by atoms with van der Waals surface area (Å²) in [6.45, 7) is 3.51. The zero-order valence-electron chi connectivity index (χ0n) is 23.7. The molecule has 0 unspecified atom stereocenters. The standard InChI is InChI=1S/2C7H6O3.2C6H15NO3.3Cu.H2O/c2*8-6-3-1-5(2-4-6)7(9)10;2*8-4-1-7(2-5-9)3-6-10;;;;/h2*1-4,8H,(H,9,10);2*8-10H,1-6H2;;;;1H2. The van der Waals surface area contributed by atoms with Crippen molar-refractivity contribution in [2.45, 2.75) is 0 Å². The van der Waals surface area contributed by atoms with Gasteiger partial charge in [-0.2, -0.15) is 0 Å². The number of carboxylic acids is 2. The van der Waals surface area contributed by atoms with Crippen molar-refractivity contribution in [3.63, 3.8) is 0 Å². The number of carboxylic acid groups (broad SMARTS) is 2. The molecule has 18 heteroatoms. The van der Waals surface area contributed by atoms with E-state index in [9.17, 15) is 9.59 Å². The van der Waals surface area contributed by atoms with Crippen LogP contribution in [0.4, 0.5) is 0 Å². The third-order valence-electron chi connectivity index (χ3n) is 4.73. The van der Waals surface area contributed by atoms with Gasteiger partial charge < -0.3 is 56.5 Å². The number of aliphatic hydroxyl groups is 6. The molecule has 0 saturated carbocycles. The molecule has 269 valence electrons. The van der Waals surface area contributed by atoms with Crippen molar-refractivity contribution in [3.8, 4) is 11.5 Å². The number of aromatic hydroxyl groups is 2. The van der Waals surface area contributed by atoms with Gasteiger partial charge in [0.25, 0.3) is 0 Å². The first-order chi connectivity index (χ1) is 19.1. The molecule has 2 aromatic carbocycles. The minimum atomic E-state index is -0.986. The molecule has 44 heavy (non-hydrogen) atoms. The Morgan fingerprint density at radius 3 is 0.773 bits per heavy atom. The maximum Gasteiger partial charge on any atom is 0.335 e. The largest absolute Gasteiger partial charge is 0.508 e. The summed E-state index contributed by atoms with van der Waals surface area (Å²) in [6, 6.07) is 10.7. The summed E-state index contributed by atoms with van der Waals surface area (Å²) < 4.78 is 0. The predicted molar refractivity (Wildman–Crippen MR) is 149 cm³/mol. The predicted octanol–water partition coefficient (Wildman–Crippen LogP) is -2.12. The van der Waals surface area contributed by atoms with E-state index in [0.717, 1.165) is 0 Å². The van der Waals surface area contributed by atoms with Crippen molar-refractivity contribution in [1.29, 1.82) is 0 Å². The van der Waals surface area contributed by atoms with E-state index >= 15 is 0 Å². The van der Waals surface area contributed by atoms with Crippen LogP contribution in [0.1, 0.15) is 20.7 Å². The summed E-state index contributed by atoms with van der Waals surface area (Å²) in [6.07, 6.45) is 0. The maximum atomic E-state index is 10.2. The molecular weight excluding hydrogens is 739 g/mol. The Morgan fingerprint density at radius 1 is 0.455 bits per heavy atom. The van der Waals surface area contributed by atoms with Crippen LogP contribution in [0.25, 0.3) is 0 Å². The van der Waals surface area contributed by atoms with Crippen LogP contribution in [-0.2, 0) is 51.2 Å². The monoisotopic (exact) mass is 781 g/mol. The number of carbonyl (C=O) groups is 2. The summed E-state index contributed by atoms with van der Waals surface area (Å²) in [5.41, 5.74) is 0.357. The van der Waals surface area contributed by atoms with E-state index < -0.39 is 11.9 Å². The van der Waals surface area contributed by atoms with Crippen molar-refractivity contribution in [2.75, 3.05) is 78.9 Å². The normalized spacial score (nSPS) is 9.09. The number of phenolic OH excluding ortho intramolecular Hbond substituents is 2. The third-order valence-corrected chi connectivity index (χ3v) is 4.73. The Labute approximate surface area is 288 Å². The molecule has 0 atom stereocenters. The molecular formula is C26H44Cu3N2O13. The molecule has 0 spiro atoms.